The molecule has 5 heterocycles. The number of benzene rings is 2. The highest BCUT2D eigenvalue weighted by Gasteiger charge is 2.35. The van der Waals surface area contributed by atoms with E-state index < -0.39 is 30.5 Å². The smallest absolute Gasteiger partial charge is 0.319 e. The lowest BCUT2D eigenvalue weighted by atomic mass is 9.96. The molecule has 0 spiro atoms. The number of nitrogens with two attached hydrogens (primary N) is 2. The Hall–Kier alpha value is -4.65. The van der Waals surface area contributed by atoms with E-state index in [4.69, 9.17) is 32.5 Å². The minimum absolute atomic E-state index is 0.0163. The van der Waals surface area contributed by atoms with E-state index in [-0.39, 0.29) is 90.9 Å². The number of rotatable bonds is 7. The van der Waals surface area contributed by atoms with Gasteiger partial charge in [0, 0.05) is 35.2 Å². The van der Waals surface area contributed by atoms with Crippen molar-refractivity contribution in [3.8, 4) is 29.0 Å². The van der Waals surface area contributed by atoms with Gasteiger partial charge in [-0.3, -0.25) is 0 Å². The van der Waals surface area contributed by atoms with E-state index in [0.717, 1.165) is 23.4 Å². The Bertz CT molecular complexity index is 2140. The first-order valence-electron chi connectivity index (χ1n) is 16.3. The van der Waals surface area contributed by atoms with E-state index in [1.54, 1.807) is 19.1 Å². The minimum atomic E-state index is -2.75. The van der Waals surface area contributed by atoms with Crippen LogP contribution in [0.5, 0.6) is 11.8 Å². The van der Waals surface area contributed by atoms with Gasteiger partial charge < -0.3 is 30.7 Å². The summed E-state index contributed by atoms with van der Waals surface area (Å²) in [4.78, 5) is 16.8. The van der Waals surface area contributed by atoms with Crippen molar-refractivity contribution in [2.75, 3.05) is 49.7 Å². The van der Waals surface area contributed by atoms with Crippen LogP contribution in [0.1, 0.15) is 50.3 Å². The zero-order valence-electron chi connectivity index (χ0n) is 28.0. The fourth-order valence-electron chi connectivity index (χ4n) is 6.55. The zero-order chi connectivity index (χ0) is 36.6. The second kappa shape index (κ2) is 14.9. The van der Waals surface area contributed by atoms with Gasteiger partial charge in [-0.1, -0.05) is 23.7 Å². The molecule has 0 aliphatic carbocycles. The molecule has 2 atom stereocenters. The molecule has 4 N–H and O–H groups in total. The van der Waals surface area contributed by atoms with Crippen LogP contribution < -0.4 is 25.8 Å². The first-order chi connectivity index (χ1) is 24.5. The second-order valence-corrected chi connectivity index (χ2v) is 13.6. The summed E-state index contributed by atoms with van der Waals surface area (Å²) < 4.78 is 71.4. The molecule has 3 aromatic heterocycles. The second-order valence-electron chi connectivity index (χ2n) is 12.2. The number of ether oxygens (including phenoxy) is 2. The van der Waals surface area contributed by atoms with Gasteiger partial charge in [-0.25, -0.2) is 22.5 Å². The van der Waals surface area contributed by atoms with Crippen molar-refractivity contribution >= 4 is 60.6 Å². The summed E-state index contributed by atoms with van der Waals surface area (Å²) in [7, 11) is 2.19. The molecule has 0 bridgehead atoms. The van der Waals surface area contributed by atoms with Crippen molar-refractivity contribution in [2.24, 2.45) is 0 Å². The summed E-state index contributed by atoms with van der Waals surface area (Å²) in [5, 5.41) is 9.75. The third-order valence-electron chi connectivity index (χ3n) is 9.16. The number of hydrogen-bond donors (Lipinski definition) is 2. The Morgan fingerprint density at radius 1 is 1.18 bits per heavy atom. The average molecular weight is 743 g/mol. The first kappa shape index (κ1) is 36.2. The van der Waals surface area contributed by atoms with Crippen LogP contribution in [-0.2, 0) is 0 Å². The molecule has 268 valence electrons. The van der Waals surface area contributed by atoms with Gasteiger partial charge in [0.05, 0.1) is 39.9 Å². The summed E-state index contributed by atoms with van der Waals surface area (Å²) in [6.45, 7) is 5.33. The number of thiophene rings is 1. The number of anilines is 3. The van der Waals surface area contributed by atoms with Gasteiger partial charge >= 0.3 is 6.01 Å². The predicted octanol–water partition coefficient (Wildman–Crippen LogP) is 7.97. The van der Waals surface area contributed by atoms with Crippen LogP contribution in [0.15, 0.2) is 30.5 Å². The number of hydrogen-bond acceptors (Lipinski definition) is 11. The van der Waals surface area contributed by atoms with Crippen molar-refractivity contribution in [1.29, 1.82) is 5.26 Å². The molecule has 51 heavy (non-hydrogen) atoms. The Morgan fingerprint density at radius 3 is 2.59 bits per heavy atom. The van der Waals surface area contributed by atoms with Crippen LogP contribution in [0.2, 0.25) is 5.02 Å². The highest BCUT2D eigenvalue weighted by Crippen LogP contribution is 2.51. The number of nitrogens with zero attached hydrogens (tertiary/aromatic N) is 6. The molecule has 0 amide bonds. The molecule has 10 nitrogen and oxygen atoms in total. The zero-order valence-corrected chi connectivity index (χ0v) is 29.6. The molecule has 0 saturated carbocycles. The van der Waals surface area contributed by atoms with E-state index >= 15 is 4.39 Å². The molecule has 1 saturated heterocycles. The fourth-order valence-corrected chi connectivity index (χ4v) is 7.84. The Morgan fingerprint density at radius 2 is 1.96 bits per heavy atom. The van der Waals surface area contributed by atoms with Crippen molar-refractivity contribution in [3.63, 3.8) is 0 Å². The molecule has 2 aliphatic heterocycles. The van der Waals surface area contributed by atoms with Gasteiger partial charge in [0.25, 0.3) is 0 Å². The minimum Gasteiger partial charge on any atom is -0.489 e. The molecule has 1 fully saturated rings. The van der Waals surface area contributed by atoms with Crippen LogP contribution >= 0.6 is 22.9 Å². The molecule has 16 heteroatoms. The lowest BCUT2D eigenvalue weighted by Crippen LogP contribution is -2.34. The summed E-state index contributed by atoms with van der Waals surface area (Å²) in [5.74, 6) is -1.53. The van der Waals surface area contributed by atoms with Crippen molar-refractivity contribution < 1.29 is 27.0 Å². The van der Waals surface area contributed by atoms with Crippen molar-refractivity contribution in [1.82, 2.24) is 19.9 Å². The van der Waals surface area contributed by atoms with E-state index in [2.05, 4.69) is 33.8 Å². The van der Waals surface area contributed by atoms with Crippen molar-refractivity contribution in [3.05, 3.63) is 58.2 Å². The summed E-state index contributed by atoms with van der Waals surface area (Å²) in [6.07, 6.45) is 0.840. The Labute approximate surface area is 300 Å². The predicted molar refractivity (Wildman–Crippen MR) is 192 cm³/mol. The number of likely N-dealkylation sites (tertiary alicyclic amines) is 1. The number of alkyl halides is 2. The van der Waals surface area contributed by atoms with Crippen LogP contribution in [0.3, 0.4) is 0 Å². The molecule has 5 aromatic rings. The molecule has 0 unspecified atom stereocenters. The summed E-state index contributed by atoms with van der Waals surface area (Å²) in [5.41, 5.74) is 12.0. The third kappa shape index (κ3) is 6.75. The van der Waals surface area contributed by atoms with E-state index in [1.807, 2.05) is 6.07 Å². The highest BCUT2D eigenvalue weighted by molar-refractivity contribution is 7.23. The van der Waals surface area contributed by atoms with Gasteiger partial charge in [0.1, 0.15) is 40.6 Å². The van der Waals surface area contributed by atoms with Gasteiger partial charge in [-0.05, 0) is 58.0 Å². The van der Waals surface area contributed by atoms with Crippen LogP contribution in [0.4, 0.5) is 34.2 Å². The molecule has 2 aliphatic rings. The van der Waals surface area contributed by atoms with E-state index in [9.17, 15) is 18.4 Å². The van der Waals surface area contributed by atoms with Crippen LogP contribution in [0, 0.1) is 23.0 Å². The molecule has 2 aromatic carbocycles. The quantitative estimate of drug-likeness (QED) is 0.158. The van der Waals surface area contributed by atoms with Gasteiger partial charge in [-0.2, -0.15) is 15.2 Å². The lowest BCUT2D eigenvalue weighted by Gasteiger charge is -2.32. The number of aromatic nitrogens is 3. The molecular formula is C35H35ClF4N8O2S. The molecule has 7 rings (SSSR count). The molecule has 0 radical (unpaired) electrons. The Balaban J connectivity index is 0.000000573. The maximum absolute atomic E-state index is 16.8. The summed E-state index contributed by atoms with van der Waals surface area (Å²) in [6, 6.07) is 7.12. The monoisotopic (exact) mass is 742 g/mol. The standard InChI is InChI=1S/C29H22ClF4N7O2S.C6H13N/c1-2-42-29-39-23-20-24(21(30)19(22(23)34)13-5-6-15(31)25-18(13)14(11-35)27(37)44-25)43-9-8-41(28(20)40-29)16(10-17(32)33)12-4-3-7-38-26(12)36;1-6-4-3-5-7(6)2/h3-7,16-17H,2,8-10,37H2,1H3,(H2,36,38);6H,3-5H2,1-2H3/t16-;6-/m11/s1. The SMILES string of the molecule is CCOc1nc2c3c(c(Cl)c(-c4ccc(F)c5sc(N)c(C#N)c45)c(F)c3n1)OCCN2[C@H](CC(F)F)c1cccnc1N.C[C@@H]1CCCN1C. The summed E-state index contributed by atoms with van der Waals surface area (Å²) >= 11 is 7.73. The fraction of sp³-hybridized carbons (Fsp3) is 0.371. The number of halogens is 5. The van der Waals surface area contributed by atoms with E-state index in [0.29, 0.717) is 5.56 Å². The number of pyridine rings is 1. The van der Waals surface area contributed by atoms with Crippen molar-refractivity contribution in [2.45, 2.75) is 51.6 Å². The average Bonchev–Trinajstić information content (AvgIpc) is 3.58. The van der Waals surface area contributed by atoms with Gasteiger partial charge in [0.2, 0.25) is 6.43 Å². The highest BCUT2D eigenvalue weighted by atomic mass is 35.5. The third-order valence-corrected chi connectivity index (χ3v) is 10.5. The number of fused-ring (bicyclic) bond motifs is 1. The lowest BCUT2D eigenvalue weighted by molar-refractivity contribution is 0.126. The van der Waals surface area contributed by atoms with Crippen LogP contribution in [-0.4, -0.2) is 65.7 Å². The molecular weight excluding hydrogens is 708 g/mol. The Kier molecular flexibility index (Phi) is 10.6. The maximum atomic E-state index is 16.8. The number of nitriles is 1. The first-order valence-corrected chi connectivity index (χ1v) is 17.5. The topological polar surface area (TPSA) is 139 Å². The number of nitrogen functional groups attached to an aromatic ring is 2. The van der Waals surface area contributed by atoms with Gasteiger partial charge in [-0.15, -0.1) is 11.3 Å². The van der Waals surface area contributed by atoms with Crippen LogP contribution in [0.25, 0.3) is 32.1 Å². The van der Waals surface area contributed by atoms with Gasteiger partial charge in [0.15, 0.2) is 11.6 Å². The largest absolute Gasteiger partial charge is 0.489 e. The normalized spacial score (nSPS) is 16.5. The van der Waals surface area contributed by atoms with E-state index in [1.165, 1.54) is 36.5 Å². The maximum Gasteiger partial charge on any atom is 0.319 e.